The largest absolute Gasteiger partial charge is 0.369 e. The van der Waals surface area contributed by atoms with Crippen LogP contribution in [0.25, 0.3) is 22.2 Å². The number of amidine groups is 1. The predicted octanol–water partition coefficient (Wildman–Crippen LogP) is 0.394. The molecule has 0 bridgehead atoms. The Morgan fingerprint density at radius 3 is 2.56 bits per heavy atom. The molecule has 2 aromatic carbocycles. The molecule has 0 amide bonds. The topological polar surface area (TPSA) is 224 Å². The van der Waals surface area contributed by atoms with E-state index in [1.807, 2.05) is 0 Å². The number of primary sulfonamides is 1. The first-order valence-corrected chi connectivity index (χ1v) is 12.7. The molecule has 180 valence electrons. The SMILES string of the molecule is C[C@@H](CN)NS(=O)(=O)c1ccc(-c2cc(F)cc3[nH]c(N)nc23)c(C2=NCN=N2)c1S(N)(=O)=O. The van der Waals surface area contributed by atoms with Crippen molar-refractivity contribution < 1.29 is 21.2 Å². The number of anilines is 1. The molecular formula is C18H20FN9O4S2. The maximum Gasteiger partial charge on any atom is 0.242 e. The Hall–Kier alpha value is -3.31. The third-order valence-electron chi connectivity index (χ3n) is 4.94. The molecule has 1 aliphatic rings. The summed E-state index contributed by atoms with van der Waals surface area (Å²) in [6.07, 6.45) is 0. The molecule has 16 heteroatoms. The minimum atomic E-state index is -4.70. The van der Waals surface area contributed by atoms with Crippen molar-refractivity contribution >= 4 is 42.9 Å². The van der Waals surface area contributed by atoms with E-state index in [4.69, 9.17) is 16.6 Å². The van der Waals surface area contributed by atoms with E-state index < -0.39 is 41.7 Å². The fraction of sp³-hybridized carbons (Fsp3) is 0.222. The molecule has 0 saturated heterocycles. The molecule has 1 atom stereocenters. The molecule has 1 aromatic heterocycles. The van der Waals surface area contributed by atoms with Gasteiger partial charge in [-0.3, -0.25) is 0 Å². The highest BCUT2D eigenvalue weighted by Crippen LogP contribution is 2.38. The summed E-state index contributed by atoms with van der Waals surface area (Å²) in [6.45, 7) is 1.34. The molecule has 2 heterocycles. The predicted molar refractivity (Wildman–Crippen MR) is 122 cm³/mol. The number of benzene rings is 2. The standard InChI is InChI=1S/C18H20FN9O4S2/c1-8(6-20)28-34(31,32)13-3-2-10(11-4-9(19)5-12-15(11)26-18(21)25-12)14(16(13)33(22,29)30)17-23-7-24-27-17/h2-5,8,28H,6-7,20H2,1H3,(H3,21,25,26)(H2,22,29,30)/t8-/m0/s1. The quantitative estimate of drug-likeness (QED) is 0.301. The van der Waals surface area contributed by atoms with Crippen LogP contribution in [0.2, 0.25) is 0 Å². The van der Waals surface area contributed by atoms with Crippen molar-refractivity contribution in [3.8, 4) is 11.1 Å². The lowest BCUT2D eigenvalue weighted by Gasteiger charge is -2.19. The van der Waals surface area contributed by atoms with Gasteiger partial charge in [0.25, 0.3) is 0 Å². The zero-order valence-electron chi connectivity index (χ0n) is 17.6. The minimum Gasteiger partial charge on any atom is -0.369 e. The van der Waals surface area contributed by atoms with Crippen LogP contribution in [0.4, 0.5) is 10.3 Å². The molecule has 13 nitrogen and oxygen atoms in total. The van der Waals surface area contributed by atoms with Crippen molar-refractivity contribution in [2.45, 2.75) is 22.8 Å². The van der Waals surface area contributed by atoms with E-state index in [0.29, 0.717) is 0 Å². The summed E-state index contributed by atoms with van der Waals surface area (Å²) in [5, 5.41) is 13.1. The molecule has 0 fully saturated rings. The Morgan fingerprint density at radius 2 is 1.94 bits per heavy atom. The zero-order valence-corrected chi connectivity index (χ0v) is 19.3. The summed E-state index contributed by atoms with van der Waals surface area (Å²) in [5.74, 6) is -0.879. The highest BCUT2D eigenvalue weighted by Gasteiger charge is 2.33. The zero-order chi connectivity index (χ0) is 24.8. The summed E-state index contributed by atoms with van der Waals surface area (Å²) < 4.78 is 68.5. The average Bonchev–Trinajstić information content (AvgIpc) is 3.40. The van der Waals surface area contributed by atoms with Gasteiger partial charge in [0.05, 0.1) is 16.6 Å². The van der Waals surface area contributed by atoms with Crippen LogP contribution in [0.1, 0.15) is 12.5 Å². The van der Waals surface area contributed by atoms with Gasteiger partial charge >= 0.3 is 0 Å². The maximum atomic E-state index is 14.5. The van der Waals surface area contributed by atoms with E-state index in [1.54, 1.807) is 0 Å². The molecule has 3 aromatic rings. The van der Waals surface area contributed by atoms with Gasteiger partial charge < -0.3 is 16.5 Å². The van der Waals surface area contributed by atoms with E-state index in [-0.39, 0.29) is 52.7 Å². The van der Waals surface area contributed by atoms with E-state index in [0.717, 1.165) is 18.2 Å². The number of sulfonamides is 2. The van der Waals surface area contributed by atoms with Crippen molar-refractivity contribution in [2.24, 2.45) is 26.1 Å². The number of nitrogens with one attached hydrogen (secondary N) is 2. The number of hydrogen-bond donors (Lipinski definition) is 5. The fourth-order valence-electron chi connectivity index (χ4n) is 3.55. The summed E-state index contributed by atoms with van der Waals surface area (Å²) in [7, 11) is -9.11. The van der Waals surface area contributed by atoms with Crippen LogP contribution in [0.3, 0.4) is 0 Å². The Labute approximate surface area is 193 Å². The second-order valence-electron chi connectivity index (χ2n) is 7.45. The number of rotatable bonds is 7. The summed E-state index contributed by atoms with van der Waals surface area (Å²) >= 11 is 0. The second kappa shape index (κ2) is 8.48. The first-order chi connectivity index (χ1) is 15.9. The van der Waals surface area contributed by atoms with E-state index >= 15 is 0 Å². The second-order valence-corrected chi connectivity index (χ2v) is 10.6. The summed E-state index contributed by atoms with van der Waals surface area (Å²) in [6, 6.07) is 3.89. The molecule has 0 spiro atoms. The van der Waals surface area contributed by atoms with Crippen LogP contribution in [-0.2, 0) is 20.0 Å². The van der Waals surface area contributed by atoms with Gasteiger partial charge in [0.15, 0.2) is 18.5 Å². The summed E-state index contributed by atoms with van der Waals surface area (Å²) in [4.78, 5) is 9.48. The number of halogens is 1. The van der Waals surface area contributed by atoms with Gasteiger partial charge in [-0.25, -0.2) is 41.1 Å². The van der Waals surface area contributed by atoms with E-state index in [1.165, 1.54) is 13.0 Å². The maximum absolute atomic E-state index is 14.5. The number of hydrogen-bond acceptors (Lipinski definition) is 10. The third kappa shape index (κ3) is 4.28. The van der Waals surface area contributed by atoms with Gasteiger partial charge in [-0.15, -0.1) is 5.11 Å². The first-order valence-electron chi connectivity index (χ1n) is 9.72. The van der Waals surface area contributed by atoms with E-state index in [2.05, 4.69) is 29.9 Å². The van der Waals surface area contributed by atoms with Crippen LogP contribution in [0.5, 0.6) is 0 Å². The smallest absolute Gasteiger partial charge is 0.242 e. The van der Waals surface area contributed by atoms with Gasteiger partial charge in [-0.1, -0.05) is 6.07 Å². The third-order valence-corrected chi connectivity index (χ3v) is 7.69. The number of imidazole rings is 1. The van der Waals surface area contributed by atoms with Gasteiger partial charge in [0.1, 0.15) is 15.6 Å². The van der Waals surface area contributed by atoms with Crippen molar-refractivity contribution in [3.05, 3.63) is 35.6 Å². The Morgan fingerprint density at radius 1 is 1.21 bits per heavy atom. The molecule has 0 saturated carbocycles. The van der Waals surface area contributed by atoms with Crippen molar-refractivity contribution in [1.82, 2.24) is 14.7 Å². The normalized spacial score (nSPS) is 15.1. The van der Waals surface area contributed by atoms with E-state index in [9.17, 15) is 21.2 Å². The van der Waals surface area contributed by atoms with Gasteiger partial charge in [0.2, 0.25) is 20.0 Å². The number of nitrogen functional groups attached to an aromatic ring is 1. The molecule has 0 unspecified atom stereocenters. The molecule has 1 aliphatic heterocycles. The van der Waals surface area contributed by atoms with Crippen molar-refractivity contribution in [3.63, 3.8) is 0 Å². The lowest BCUT2D eigenvalue weighted by atomic mass is 9.97. The lowest BCUT2D eigenvalue weighted by Crippen LogP contribution is -2.38. The van der Waals surface area contributed by atoms with Crippen LogP contribution < -0.4 is 21.3 Å². The highest BCUT2D eigenvalue weighted by molar-refractivity contribution is 7.92. The number of fused-ring (bicyclic) bond motifs is 1. The molecular weight excluding hydrogens is 489 g/mol. The monoisotopic (exact) mass is 509 g/mol. The van der Waals surface area contributed by atoms with Crippen LogP contribution >= 0.6 is 0 Å². The van der Waals surface area contributed by atoms with Crippen molar-refractivity contribution in [1.29, 1.82) is 0 Å². The molecule has 4 rings (SSSR count). The molecule has 34 heavy (non-hydrogen) atoms. The highest BCUT2D eigenvalue weighted by atomic mass is 32.2. The Balaban J connectivity index is 2.14. The first kappa shape index (κ1) is 23.8. The number of aromatic amines is 1. The number of H-pyrrole nitrogens is 1. The number of aromatic nitrogens is 2. The fourth-order valence-corrected chi connectivity index (χ4v) is 6.40. The van der Waals surface area contributed by atoms with Crippen LogP contribution in [-0.4, -0.2) is 51.9 Å². The minimum absolute atomic E-state index is 0.00728. The summed E-state index contributed by atoms with van der Waals surface area (Å²) in [5.41, 5.74) is 11.6. The van der Waals surface area contributed by atoms with Crippen LogP contribution in [0, 0.1) is 5.82 Å². The molecule has 0 aliphatic carbocycles. The Kier molecular flexibility index (Phi) is 5.94. The molecule has 0 radical (unpaired) electrons. The molecule has 8 N–H and O–H groups in total. The van der Waals surface area contributed by atoms with Crippen molar-refractivity contribution in [2.75, 3.05) is 18.9 Å². The van der Waals surface area contributed by atoms with Gasteiger partial charge in [-0.05, 0) is 30.7 Å². The lowest BCUT2D eigenvalue weighted by molar-refractivity contribution is 0.557. The number of aliphatic imine (C=N–C) groups is 1. The number of nitrogens with two attached hydrogens (primary N) is 3. The van der Waals surface area contributed by atoms with Gasteiger partial charge in [-0.2, -0.15) is 5.11 Å². The number of nitrogens with zero attached hydrogens (tertiary/aromatic N) is 4. The van der Waals surface area contributed by atoms with Crippen LogP contribution in [0.15, 0.2) is 49.3 Å². The van der Waals surface area contributed by atoms with Gasteiger partial charge in [0, 0.05) is 18.2 Å². The Bertz CT molecular complexity index is 1580. The average molecular weight is 510 g/mol. The number of azo groups is 1.